The summed E-state index contributed by atoms with van der Waals surface area (Å²) < 4.78 is 15.8. The number of benzene rings is 2. The first-order valence-corrected chi connectivity index (χ1v) is 9.27. The third kappa shape index (κ3) is 3.99. The summed E-state index contributed by atoms with van der Waals surface area (Å²) in [6.07, 6.45) is 1.48. The molecule has 0 spiro atoms. The predicted molar refractivity (Wildman–Crippen MR) is 107 cm³/mol. The second-order valence-electron chi connectivity index (χ2n) is 6.37. The molecule has 0 unspecified atom stereocenters. The maximum Gasteiger partial charge on any atom is 0.331 e. The van der Waals surface area contributed by atoms with E-state index in [0.29, 0.717) is 17.3 Å². The Labute approximate surface area is 165 Å². The Morgan fingerprint density at radius 2 is 1.89 bits per heavy atom. The summed E-state index contributed by atoms with van der Waals surface area (Å²) in [5.74, 6) is -1.10. The highest BCUT2D eigenvalue weighted by Crippen LogP contribution is 2.22. The summed E-state index contributed by atoms with van der Waals surface area (Å²) in [4.78, 5) is 38.0. The van der Waals surface area contributed by atoms with E-state index < -0.39 is 17.4 Å². The Kier molecular flexibility index (Phi) is 5.94. The van der Waals surface area contributed by atoms with Gasteiger partial charge in [0.05, 0.1) is 21.6 Å². The minimum Gasteiger partial charge on any atom is -0.323 e. The van der Waals surface area contributed by atoms with Crippen LogP contribution >= 0.6 is 11.6 Å². The third-order valence-electron chi connectivity index (χ3n) is 4.37. The largest absolute Gasteiger partial charge is 0.331 e. The van der Waals surface area contributed by atoms with Gasteiger partial charge in [-0.25, -0.2) is 9.18 Å². The Hall–Kier alpha value is -2.93. The summed E-state index contributed by atoms with van der Waals surface area (Å²) in [7, 11) is 0. The molecule has 0 saturated carbocycles. The van der Waals surface area contributed by atoms with Gasteiger partial charge in [-0.1, -0.05) is 37.1 Å². The molecule has 0 aliphatic heterocycles. The minimum absolute atomic E-state index is 0.114. The fourth-order valence-electron chi connectivity index (χ4n) is 2.96. The Balaban J connectivity index is 2.02. The van der Waals surface area contributed by atoms with Crippen molar-refractivity contribution in [2.75, 3.05) is 5.32 Å². The molecule has 1 aromatic heterocycles. The second-order valence-corrected chi connectivity index (χ2v) is 6.78. The number of fused-ring (bicyclic) bond motifs is 1. The predicted octanol–water partition coefficient (Wildman–Crippen LogP) is 3.39. The summed E-state index contributed by atoms with van der Waals surface area (Å²) in [6, 6.07) is 10.2. The van der Waals surface area contributed by atoms with Crippen LogP contribution in [-0.2, 0) is 17.9 Å². The number of para-hydroxylation sites is 1. The standard InChI is InChI=1S/C20H19ClFN3O3/c1-2-3-10-24-19(27)14-6-4-5-7-17(14)25(20(24)28)12-18(26)23-16-11-13(22)8-9-15(16)21/h4-9,11H,2-3,10,12H2,1H3,(H,23,26). The Morgan fingerprint density at radius 1 is 1.14 bits per heavy atom. The van der Waals surface area contributed by atoms with Crippen LogP contribution in [0.3, 0.4) is 0 Å². The summed E-state index contributed by atoms with van der Waals surface area (Å²) >= 11 is 5.98. The van der Waals surface area contributed by atoms with Gasteiger partial charge in [-0.2, -0.15) is 0 Å². The number of aromatic nitrogens is 2. The molecule has 28 heavy (non-hydrogen) atoms. The van der Waals surface area contributed by atoms with Crippen LogP contribution in [0.25, 0.3) is 10.9 Å². The number of nitrogens with zero attached hydrogens (tertiary/aromatic N) is 2. The molecule has 6 nitrogen and oxygen atoms in total. The maximum atomic E-state index is 13.4. The van der Waals surface area contributed by atoms with Gasteiger partial charge >= 0.3 is 5.69 Å². The molecule has 3 rings (SSSR count). The molecule has 0 bridgehead atoms. The molecule has 0 aliphatic carbocycles. The van der Waals surface area contributed by atoms with E-state index in [4.69, 9.17) is 11.6 Å². The fraction of sp³-hybridized carbons (Fsp3) is 0.250. The van der Waals surface area contributed by atoms with Crippen LogP contribution in [0, 0.1) is 5.82 Å². The number of hydrogen-bond donors (Lipinski definition) is 1. The van der Waals surface area contributed by atoms with Crippen LogP contribution in [0.5, 0.6) is 0 Å². The molecule has 0 aliphatic rings. The first kappa shape index (κ1) is 19.8. The smallest absolute Gasteiger partial charge is 0.323 e. The lowest BCUT2D eigenvalue weighted by atomic mass is 10.2. The van der Waals surface area contributed by atoms with E-state index in [9.17, 15) is 18.8 Å². The zero-order chi connectivity index (χ0) is 20.3. The van der Waals surface area contributed by atoms with Crippen LogP contribution in [0.2, 0.25) is 5.02 Å². The number of nitrogens with one attached hydrogen (secondary N) is 1. The van der Waals surface area contributed by atoms with Crippen molar-refractivity contribution in [3.05, 3.63) is 74.1 Å². The van der Waals surface area contributed by atoms with Crippen LogP contribution in [0.15, 0.2) is 52.1 Å². The van der Waals surface area contributed by atoms with Gasteiger partial charge in [0.15, 0.2) is 0 Å². The monoisotopic (exact) mass is 403 g/mol. The molecule has 0 atom stereocenters. The molecular weight excluding hydrogens is 385 g/mol. The molecule has 0 saturated heterocycles. The lowest BCUT2D eigenvalue weighted by Crippen LogP contribution is -2.41. The number of carbonyl (C=O) groups is 1. The highest BCUT2D eigenvalue weighted by atomic mass is 35.5. The Morgan fingerprint density at radius 3 is 2.64 bits per heavy atom. The molecule has 1 N–H and O–H groups in total. The average Bonchev–Trinajstić information content (AvgIpc) is 2.68. The molecule has 2 aromatic carbocycles. The average molecular weight is 404 g/mol. The van der Waals surface area contributed by atoms with E-state index in [-0.39, 0.29) is 29.4 Å². The van der Waals surface area contributed by atoms with Crippen molar-refractivity contribution in [2.45, 2.75) is 32.9 Å². The number of hydrogen-bond acceptors (Lipinski definition) is 3. The molecule has 1 heterocycles. The lowest BCUT2D eigenvalue weighted by molar-refractivity contribution is -0.116. The van der Waals surface area contributed by atoms with E-state index in [2.05, 4.69) is 5.32 Å². The maximum absolute atomic E-state index is 13.4. The van der Waals surface area contributed by atoms with Crippen molar-refractivity contribution in [1.29, 1.82) is 0 Å². The molecule has 0 radical (unpaired) electrons. The van der Waals surface area contributed by atoms with Crippen LogP contribution in [0.1, 0.15) is 19.8 Å². The summed E-state index contributed by atoms with van der Waals surface area (Å²) in [6.45, 7) is 1.90. The van der Waals surface area contributed by atoms with Crippen molar-refractivity contribution in [3.8, 4) is 0 Å². The number of halogens is 2. The molecule has 146 valence electrons. The summed E-state index contributed by atoms with van der Waals surface area (Å²) in [5, 5.41) is 3.05. The first-order valence-electron chi connectivity index (χ1n) is 8.89. The SMILES string of the molecule is CCCCn1c(=O)c2ccccc2n(CC(=O)Nc2cc(F)ccc2Cl)c1=O. The minimum atomic E-state index is -0.558. The zero-order valence-electron chi connectivity index (χ0n) is 15.2. The number of rotatable bonds is 6. The number of amides is 1. The number of carbonyl (C=O) groups excluding carboxylic acids is 1. The van der Waals surface area contributed by atoms with Crippen molar-refractivity contribution in [3.63, 3.8) is 0 Å². The second kappa shape index (κ2) is 8.39. The van der Waals surface area contributed by atoms with Gasteiger partial charge in [0, 0.05) is 6.54 Å². The van der Waals surface area contributed by atoms with Crippen molar-refractivity contribution >= 4 is 34.1 Å². The van der Waals surface area contributed by atoms with Gasteiger partial charge in [0.1, 0.15) is 12.4 Å². The highest BCUT2D eigenvalue weighted by Gasteiger charge is 2.16. The quantitative estimate of drug-likeness (QED) is 0.685. The molecule has 3 aromatic rings. The van der Waals surface area contributed by atoms with Crippen LogP contribution in [-0.4, -0.2) is 15.0 Å². The first-order chi connectivity index (χ1) is 13.4. The number of anilines is 1. The zero-order valence-corrected chi connectivity index (χ0v) is 16.0. The van der Waals surface area contributed by atoms with Crippen LogP contribution < -0.4 is 16.6 Å². The van der Waals surface area contributed by atoms with Gasteiger partial charge in [-0.3, -0.25) is 18.7 Å². The molecule has 8 heteroatoms. The van der Waals surface area contributed by atoms with Gasteiger partial charge in [-0.05, 0) is 36.8 Å². The third-order valence-corrected chi connectivity index (χ3v) is 4.70. The normalized spacial score (nSPS) is 11.0. The molecule has 1 amide bonds. The van der Waals surface area contributed by atoms with Crippen molar-refractivity contribution in [1.82, 2.24) is 9.13 Å². The van der Waals surface area contributed by atoms with Gasteiger partial charge in [0.25, 0.3) is 5.56 Å². The molecular formula is C20H19ClFN3O3. The van der Waals surface area contributed by atoms with E-state index >= 15 is 0 Å². The van der Waals surface area contributed by atoms with E-state index in [1.54, 1.807) is 24.3 Å². The Bertz CT molecular complexity index is 1150. The number of unbranched alkanes of at least 4 members (excludes halogenated alkanes) is 1. The fourth-order valence-corrected chi connectivity index (χ4v) is 3.13. The summed E-state index contributed by atoms with van der Waals surface area (Å²) in [5.41, 5.74) is -0.453. The highest BCUT2D eigenvalue weighted by molar-refractivity contribution is 6.33. The van der Waals surface area contributed by atoms with Crippen molar-refractivity contribution in [2.24, 2.45) is 0 Å². The van der Waals surface area contributed by atoms with E-state index in [1.807, 2.05) is 6.92 Å². The van der Waals surface area contributed by atoms with Gasteiger partial charge in [-0.15, -0.1) is 0 Å². The van der Waals surface area contributed by atoms with E-state index in [1.165, 1.54) is 16.7 Å². The lowest BCUT2D eigenvalue weighted by Gasteiger charge is -2.14. The van der Waals surface area contributed by atoms with Crippen LogP contribution in [0.4, 0.5) is 10.1 Å². The van der Waals surface area contributed by atoms with E-state index in [0.717, 1.165) is 17.1 Å². The van der Waals surface area contributed by atoms with Crippen molar-refractivity contribution < 1.29 is 9.18 Å². The molecule has 0 fully saturated rings. The topological polar surface area (TPSA) is 73.1 Å². The van der Waals surface area contributed by atoms with Gasteiger partial charge < -0.3 is 5.32 Å². The van der Waals surface area contributed by atoms with Gasteiger partial charge in [0.2, 0.25) is 5.91 Å².